The molecule has 82 valence electrons. The van der Waals surface area contributed by atoms with Crippen LogP contribution in [0.2, 0.25) is 0 Å². The molecule has 1 fully saturated rings. The van der Waals surface area contributed by atoms with Gasteiger partial charge in [0.2, 0.25) is 0 Å². The average molecular weight is 212 g/mol. The monoisotopic (exact) mass is 212 g/mol. The van der Waals surface area contributed by atoms with Crippen LogP contribution >= 0.6 is 0 Å². The van der Waals surface area contributed by atoms with E-state index in [9.17, 15) is 0 Å². The van der Waals surface area contributed by atoms with Gasteiger partial charge in [0.25, 0.3) is 0 Å². The molecule has 1 aliphatic carbocycles. The molecule has 2 nitrogen and oxygen atoms in total. The second kappa shape index (κ2) is 3.78. The fraction of sp³-hybridized carbons (Fsp3) is 0.357. The minimum atomic E-state index is 0.654. The molecule has 3 rings (SSSR count). The second-order valence-corrected chi connectivity index (χ2v) is 4.79. The van der Waals surface area contributed by atoms with Gasteiger partial charge in [-0.1, -0.05) is 25.1 Å². The number of nitrogens with zero attached hydrogens (tertiary/aromatic N) is 1. The van der Waals surface area contributed by atoms with Gasteiger partial charge in [-0.2, -0.15) is 0 Å². The molecule has 16 heavy (non-hydrogen) atoms. The third-order valence-corrected chi connectivity index (χ3v) is 3.38. The fourth-order valence-corrected chi connectivity index (χ4v) is 2.46. The van der Waals surface area contributed by atoms with Crippen molar-refractivity contribution in [1.29, 1.82) is 0 Å². The van der Waals surface area contributed by atoms with Gasteiger partial charge < -0.3 is 5.32 Å². The van der Waals surface area contributed by atoms with Gasteiger partial charge in [0.1, 0.15) is 0 Å². The standard InChI is InChI=1S/C14H16N2/c1-10-8-11(9-10)16-14-6-7-15-13-5-3-2-4-12(13)14/h2-7,10-11H,8-9H2,1H3,(H,15,16). The van der Waals surface area contributed by atoms with E-state index < -0.39 is 0 Å². The van der Waals surface area contributed by atoms with Gasteiger partial charge in [-0.15, -0.1) is 0 Å². The van der Waals surface area contributed by atoms with E-state index in [0.29, 0.717) is 6.04 Å². The van der Waals surface area contributed by atoms with E-state index in [1.807, 2.05) is 12.3 Å². The van der Waals surface area contributed by atoms with Gasteiger partial charge in [-0.25, -0.2) is 0 Å². The summed E-state index contributed by atoms with van der Waals surface area (Å²) in [5.41, 5.74) is 2.29. The van der Waals surface area contributed by atoms with Crippen molar-refractivity contribution in [3.8, 4) is 0 Å². The van der Waals surface area contributed by atoms with Gasteiger partial charge in [0, 0.05) is 23.3 Å². The number of rotatable bonds is 2. The van der Waals surface area contributed by atoms with Crippen molar-refractivity contribution in [2.45, 2.75) is 25.8 Å². The van der Waals surface area contributed by atoms with Crippen LogP contribution in [0.4, 0.5) is 5.69 Å². The number of para-hydroxylation sites is 1. The zero-order chi connectivity index (χ0) is 11.0. The van der Waals surface area contributed by atoms with Crippen LogP contribution in [0.25, 0.3) is 10.9 Å². The third kappa shape index (κ3) is 1.64. The Morgan fingerprint density at radius 2 is 2.00 bits per heavy atom. The van der Waals surface area contributed by atoms with Gasteiger partial charge in [-0.05, 0) is 30.9 Å². The van der Waals surface area contributed by atoms with Crippen LogP contribution in [0.15, 0.2) is 36.5 Å². The summed E-state index contributed by atoms with van der Waals surface area (Å²) in [6, 6.07) is 11.0. The Labute approximate surface area is 95.7 Å². The zero-order valence-corrected chi connectivity index (χ0v) is 9.48. The van der Waals surface area contributed by atoms with Crippen molar-refractivity contribution in [3.05, 3.63) is 36.5 Å². The summed E-state index contributed by atoms with van der Waals surface area (Å²) >= 11 is 0. The van der Waals surface area contributed by atoms with Crippen molar-refractivity contribution >= 4 is 16.6 Å². The smallest absolute Gasteiger partial charge is 0.0722 e. The van der Waals surface area contributed by atoms with Crippen LogP contribution in [0.5, 0.6) is 0 Å². The lowest BCUT2D eigenvalue weighted by Gasteiger charge is -2.34. The Bertz CT molecular complexity index is 496. The first kappa shape index (κ1) is 9.64. The molecule has 0 radical (unpaired) electrons. The minimum absolute atomic E-state index is 0.654. The maximum Gasteiger partial charge on any atom is 0.0722 e. The highest BCUT2D eigenvalue weighted by Crippen LogP contribution is 2.31. The topological polar surface area (TPSA) is 24.9 Å². The molecule has 2 aromatic rings. The normalized spacial score (nSPS) is 24.1. The summed E-state index contributed by atoms with van der Waals surface area (Å²) in [6.45, 7) is 2.31. The van der Waals surface area contributed by atoms with Crippen LogP contribution in [-0.2, 0) is 0 Å². The number of pyridine rings is 1. The van der Waals surface area contributed by atoms with E-state index in [-0.39, 0.29) is 0 Å². The van der Waals surface area contributed by atoms with E-state index >= 15 is 0 Å². The molecule has 1 aromatic carbocycles. The first-order valence-corrected chi connectivity index (χ1v) is 5.93. The van der Waals surface area contributed by atoms with Crippen molar-refractivity contribution < 1.29 is 0 Å². The molecule has 0 aliphatic heterocycles. The molecule has 0 saturated heterocycles. The molecule has 1 heterocycles. The van der Waals surface area contributed by atoms with E-state index in [0.717, 1.165) is 11.4 Å². The molecule has 1 aliphatic rings. The summed E-state index contributed by atoms with van der Waals surface area (Å²) in [7, 11) is 0. The Hall–Kier alpha value is -1.57. The van der Waals surface area contributed by atoms with E-state index in [2.05, 4.69) is 41.5 Å². The number of anilines is 1. The highest BCUT2D eigenvalue weighted by Gasteiger charge is 2.25. The predicted octanol–water partition coefficient (Wildman–Crippen LogP) is 3.45. The number of nitrogens with one attached hydrogen (secondary N) is 1. The predicted molar refractivity (Wildman–Crippen MR) is 67.6 cm³/mol. The minimum Gasteiger partial charge on any atom is -0.382 e. The lowest BCUT2D eigenvalue weighted by Crippen LogP contribution is -2.33. The molecule has 1 N–H and O–H groups in total. The Balaban J connectivity index is 1.91. The van der Waals surface area contributed by atoms with E-state index in [1.54, 1.807) is 0 Å². The summed E-state index contributed by atoms with van der Waals surface area (Å²) in [5, 5.41) is 4.84. The summed E-state index contributed by atoms with van der Waals surface area (Å²) < 4.78 is 0. The maximum atomic E-state index is 4.37. The van der Waals surface area contributed by atoms with Crippen molar-refractivity contribution in [1.82, 2.24) is 4.98 Å². The Morgan fingerprint density at radius 3 is 2.81 bits per heavy atom. The van der Waals surface area contributed by atoms with E-state index in [4.69, 9.17) is 0 Å². The molecule has 0 unspecified atom stereocenters. The van der Waals surface area contributed by atoms with Gasteiger partial charge in [0.05, 0.1) is 5.52 Å². The quantitative estimate of drug-likeness (QED) is 0.824. The molecule has 0 atom stereocenters. The van der Waals surface area contributed by atoms with E-state index in [1.165, 1.54) is 23.9 Å². The number of hydrogen-bond donors (Lipinski definition) is 1. The summed E-state index contributed by atoms with van der Waals surface area (Å²) in [5.74, 6) is 0.880. The van der Waals surface area contributed by atoms with Crippen LogP contribution in [0.1, 0.15) is 19.8 Å². The van der Waals surface area contributed by atoms with Gasteiger partial charge in [0.15, 0.2) is 0 Å². The highest BCUT2D eigenvalue weighted by molar-refractivity contribution is 5.90. The molecular formula is C14H16N2. The van der Waals surface area contributed by atoms with Crippen LogP contribution in [0.3, 0.4) is 0 Å². The van der Waals surface area contributed by atoms with Gasteiger partial charge >= 0.3 is 0 Å². The van der Waals surface area contributed by atoms with Crippen molar-refractivity contribution in [2.24, 2.45) is 5.92 Å². The lowest BCUT2D eigenvalue weighted by molar-refractivity contribution is 0.309. The molecule has 0 amide bonds. The SMILES string of the molecule is CC1CC(Nc2ccnc3ccccc23)C1. The van der Waals surface area contributed by atoms with Crippen molar-refractivity contribution in [2.75, 3.05) is 5.32 Å². The number of aromatic nitrogens is 1. The lowest BCUT2D eigenvalue weighted by atomic mass is 9.82. The molecule has 1 saturated carbocycles. The average Bonchev–Trinajstić information content (AvgIpc) is 2.27. The number of benzene rings is 1. The summed E-state index contributed by atoms with van der Waals surface area (Å²) in [4.78, 5) is 4.37. The Morgan fingerprint density at radius 1 is 1.19 bits per heavy atom. The molecule has 1 aromatic heterocycles. The zero-order valence-electron chi connectivity index (χ0n) is 9.48. The number of hydrogen-bond acceptors (Lipinski definition) is 2. The first-order valence-electron chi connectivity index (χ1n) is 5.93. The van der Waals surface area contributed by atoms with Crippen LogP contribution < -0.4 is 5.32 Å². The molecule has 2 heteroatoms. The number of fused-ring (bicyclic) bond motifs is 1. The largest absolute Gasteiger partial charge is 0.382 e. The van der Waals surface area contributed by atoms with Gasteiger partial charge in [-0.3, -0.25) is 4.98 Å². The highest BCUT2D eigenvalue weighted by atomic mass is 14.9. The van der Waals surface area contributed by atoms with Crippen LogP contribution in [0, 0.1) is 5.92 Å². The second-order valence-electron chi connectivity index (χ2n) is 4.79. The van der Waals surface area contributed by atoms with Crippen molar-refractivity contribution in [3.63, 3.8) is 0 Å². The van der Waals surface area contributed by atoms with Crippen LogP contribution in [-0.4, -0.2) is 11.0 Å². The molecular weight excluding hydrogens is 196 g/mol. The summed E-state index contributed by atoms with van der Waals surface area (Å²) in [6.07, 6.45) is 4.46. The Kier molecular flexibility index (Phi) is 2.28. The first-order chi connectivity index (χ1) is 7.83. The maximum absolute atomic E-state index is 4.37. The molecule has 0 spiro atoms. The third-order valence-electron chi connectivity index (χ3n) is 3.38. The molecule has 0 bridgehead atoms. The fourth-order valence-electron chi connectivity index (χ4n) is 2.46.